The number of rotatable bonds is 4. The Kier molecular flexibility index (Phi) is 7.24. The van der Waals surface area contributed by atoms with Crippen LogP contribution in [0.4, 0.5) is 0 Å². The summed E-state index contributed by atoms with van der Waals surface area (Å²) in [6.07, 6.45) is 0. The van der Waals surface area contributed by atoms with E-state index in [-0.39, 0.29) is 0 Å². The van der Waals surface area contributed by atoms with Gasteiger partial charge in [-0.2, -0.15) is 0 Å². The van der Waals surface area contributed by atoms with Crippen LogP contribution >= 0.6 is 11.3 Å². The van der Waals surface area contributed by atoms with Crippen LogP contribution in [0, 0.1) is 0 Å². The van der Waals surface area contributed by atoms with Crippen molar-refractivity contribution >= 4 is 96.5 Å². The number of benzene rings is 11. The van der Waals surface area contributed by atoms with Crippen molar-refractivity contribution in [3.63, 3.8) is 0 Å². The Hall–Kier alpha value is -7.52. The Morgan fingerprint density at radius 3 is 1.53 bits per heavy atom. The molecule has 278 valence electrons. The van der Waals surface area contributed by atoms with E-state index in [9.17, 15) is 0 Å². The fraction of sp³-hybridized carbons (Fsp3) is 0. The monoisotopic (exact) mass is 778 g/mol. The molecular weight excluding hydrogens is 745 g/mol. The van der Waals surface area contributed by atoms with Crippen molar-refractivity contribution in [1.82, 2.24) is 0 Å². The van der Waals surface area contributed by atoms with Gasteiger partial charge < -0.3 is 4.42 Å². The molecule has 0 fully saturated rings. The summed E-state index contributed by atoms with van der Waals surface area (Å²) in [5.41, 5.74) is 11.7. The Morgan fingerprint density at radius 1 is 0.250 bits per heavy atom. The normalized spacial score (nSPS) is 12.0. The fourth-order valence-electron chi connectivity index (χ4n) is 9.72. The Morgan fingerprint density at radius 2 is 0.767 bits per heavy atom. The highest BCUT2D eigenvalue weighted by Crippen LogP contribution is 2.45. The predicted octanol–water partition coefficient (Wildman–Crippen LogP) is 17.2. The Balaban J connectivity index is 0.894. The maximum atomic E-state index is 6.24. The number of fused-ring (bicyclic) bond motifs is 10. The molecule has 0 aliphatic heterocycles. The van der Waals surface area contributed by atoms with E-state index in [0.717, 1.165) is 11.2 Å². The van der Waals surface area contributed by atoms with E-state index in [1.807, 2.05) is 17.4 Å². The second-order valence-corrected chi connectivity index (χ2v) is 17.1. The van der Waals surface area contributed by atoms with Gasteiger partial charge >= 0.3 is 0 Å². The standard InChI is InChI=1S/C58H34OS/c1-2-11-38-28-41(25-22-35(38)10-1)39-12-9-13-43(29-39)58-48-17-5-3-15-46(48)57(47-16-4-6-18-49(47)58)37-23-20-36(21-24-37)40-26-27-42-31-51-52-33-50-45-14-7-8-19-53(45)59-54(50)34-56(52)60-55(51)32-44(42)30-40/h1-34H. The van der Waals surface area contributed by atoms with Crippen molar-refractivity contribution < 1.29 is 4.42 Å². The zero-order chi connectivity index (χ0) is 39.3. The lowest BCUT2D eigenvalue weighted by molar-refractivity contribution is 0.669. The molecule has 60 heavy (non-hydrogen) atoms. The van der Waals surface area contributed by atoms with Gasteiger partial charge in [0.05, 0.1) is 0 Å². The number of furan rings is 1. The molecule has 0 N–H and O–H groups in total. The molecule has 13 rings (SSSR count). The first-order chi connectivity index (χ1) is 29.7. The lowest BCUT2D eigenvalue weighted by atomic mass is 9.85. The molecule has 2 heteroatoms. The molecule has 2 heterocycles. The van der Waals surface area contributed by atoms with Crippen molar-refractivity contribution in [3.8, 4) is 44.5 Å². The number of para-hydroxylation sites is 1. The molecule has 0 unspecified atom stereocenters. The van der Waals surface area contributed by atoms with E-state index in [1.165, 1.54) is 119 Å². The molecule has 0 aliphatic carbocycles. The van der Waals surface area contributed by atoms with Gasteiger partial charge in [0.25, 0.3) is 0 Å². The third-order valence-corrected chi connectivity index (χ3v) is 13.7. The minimum absolute atomic E-state index is 0.940. The number of hydrogen-bond acceptors (Lipinski definition) is 2. The highest BCUT2D eigenvalue weighted by molar-refractivity contribution is 7.26. The van der Waals surface area contributed by atoms with E-state index in [2.05, 4.69) is 200 Å². The van der Waals surface area contributed by atoms with Gasteiger partial charge in [-0.15, -0.1) is 11.3 Å². The predicted molar refractivity (Wildman–Crippen MR) is 258 cm³/mol. The SMILES string of the molecule is c1cc(-c2ccc3ccccc3c2)cc(-c2c3ccccc3c(-c3ccc(-c4ccc5cc6c(cc5c4)sc4cc5oc7ccccc7c5cc46)cc3)c3ccccc23)c1. The van der Waals surface area contributed by atoms with Crippen molar-refractivity contribution in [2.45, 2.75) is 0 Å². The van der Waals surface area contributed by atoms with Gasteiger partial charge in [-0.25, -0.2) is 0 Å². The van der Waals surface area contributed by atoms with Crippen LogP contribution in [0.1, 0.15) is 0 Å². The molecule has 0 bridgehead atoms. The summed E-state index contributed by atoms with van der Waals surface area (Å²) in [6, 6.07) is 76.0. The molecule has 0 saturated carbocycles. The van der Waals surface area contributed by atoms with Crippen molar-refractivity contribution in [2.75, 3.05) is 0 Å². The lowest BCUT2D eigenvalue weighted by Crippen LogP contribution is -1.91. The lowest BCUT2D eigenvalue weighted by Gasteiger charge is -2.18. The van der Waals surface area contributed by atoms with E-state index in [1.54, 1.807) is 0 Å². The average molecular weight is 779 g/mol. The molecule has 13 aromatic rings. The van der Waals surface area contributed by atoms with Gasteiger partial charge in [0, 0.05) is 30.9 Å². The van der Waals surface area contributed by atoms with Gasteiger partial charge in [0.15, 0.2) is 0 Å². The summed E-state index contributed by atoms with van der Waals surface area (Å²) in [5, 5.41) is 15.0. The van der Waals surface area contributed by atoms with E-state index < -0.39 is 0 Å². The molecule has 1 nitrogen and oxygen atoms in total. The zero-order valence-electron chi connectivity index (χ0n) is 32.4. The minimum Gasteiger partial charge on any atom is -0.456 e. The highest BCUT2D eigenvalue weighted by atomic mass is 32.1. The first-order valence-corrected chi connectivity index (χ1v) is 21.4. The van der Waals surface area contributed by atoms with Gasteiger partial charge in [-0.05, 0) is 136 Å². The van der Waals surface area contributed by atoms with E-state index >= 15 is 0 Å². The summed E-state index contributed by atoms with van der Waals surface area (Å²) < 4.78 is 8.79. The topological polar surface area (TPSA) is 13.1 Å². The van der Waals surface area contributed by atoms with E-state index in [0.29, 0.717) is 0 Å². The average Bonchev–Trinajstić information content (AvgIpc) is 3.85. The van der Waals surface area contributed by atoms with Crippen molar-refractivity contribution in [1.29, 1.82) is 0 Å². The quantitative estimate of drug-likeness (QED) is 0.162. The Labute approximate surface area is 350 Å². The molecule has 0 spiro atoms. The molecule has 11 aromatic carbocycles. The molecular formula is C58H34OS. The number of hydrogen-bond donors (Lipinski definition) is 0. The van der Waals surface area contributed by atoms with Gasteiger partial charge in [-0.3, -0.25) is 0 Å². The highest BCUT2D eigenvalue weighted by Gasteiger charge is 2.18. The van der Waals surface area contributed by atoms with Gasteiger partial charge in [0.2, 0.25) is 0 Å². The van der Waals surface area contributed by atoms with Crippen LogP contribution in [0.25, 0.3) is 130 Å². The zero-order valence-corrected chi connectivity index (χ0v) is 33.3. The second-order valence-electron chi connectivity index (χ2n) is 16.0. The third kappa shape index (κ3) is 5.18. The molecule has 0 atom stereocenters. The molecule has 2 aromatic heterocycles. The van der Waals surface area contributed by atoms with Gasteiger partial charge in [-0.1, -0.05) is 158 Å². The molecule has 0 aliphatic rings. The van der Waals surface area contributed by atoms with Crippen LogP contribution in [0.5, 0.6) is 0 Å². The summed E-state index contributed by atoms with van der Waals surface area (Å²) in [4.78, 5) is 0. The number of thiophene rings is 1. The molecule has 0 amide bonds. The second kappa shape index (κ2) is 13.0. The smallest absolute Gasteiger partial charge is 0.136 e. The van der Waals surface area contributed by atoms with Crippen LogP contribution in [0.2, 0.25) is 0 Å². The summed E-state index contributed by atoms with van der Waals surface area (Å²) in [5.74, 6) is 0. The summed E-state index contributed by atoms with van der Waals surface area (Å²) >= 11 is 1.84. The van der Waals surface area contributed by atoms with Crippen LogP contribution in [0.15, 0.2) is 211 Å². The summed E-state index contributed by atoms with van der Waals surface area (Å²) in [6.45, 7) is 0. The van der Waals surface area contributed by atoms with E-state index in [4.69, 9.17) is 4.42 Å². The van der Waals surface area contributed by atoms with Crippen molar-refractivity contribution in [2.24, 2.45) is 0 Å². The first-order valence-electron chi connectivity index (χ1n) is 20.6. The maximum absolute atomic E-state index is 6.24. The third-order valence-electron chi connectivity index (χ3n) is 12.6. The van der Waals surface area contributed by atoms with Crippen LogP contribution in [-0.4, -0.2) is 0 Å². The van der Waals surface area contributed by atoms with Crippen LogP contribution in [-0.2, 0) is 0 Å². The fourth-order valence-corrected chi connectivity index (χ4v) is 10.9. The molecule has 0 radical (unpaired) electrons. The van der Waals surface area contributed by atoms with Gasteiger partial charge in [0.1, 0.15) is 11.2 Å². The van der Waals surface area contributed by atoms with Crippen molar-refractivity contribution in [3.05, 3.63) is 206 Å². The van der Waals surface area contributed by atoms with Crippen LogP contribution in [0.3, 0.4) is 0 Å². The minimum atomic E-state index is 0.940. The largest absolute Gasteiger partial charge is 0.456 e. The Bertz CT molecular complexity index is 3830. The maximum Gasteiger partial charge on any atom is 0.136 e. The molecule has 0 saturated heterocycles. The first kappa shape index (κ1) is 33.5. The van der Waals surface area contributed by atoms with Crippen LogP contribution < -0.4 is 0 Å². The summed E-state index contributed by atoms with van der Waals surface area (Å²) in [7, 11) is 0.